The Morgan fingerprint density at radius 2 is 2.28 bits per heavy atom. The second-order valence-electron chi connectivity index (χ2n) is 3.99. The van der Waals surface area contributed by atoms with Gasteiger partial charge in [-0.15, -0.1) is 0 Å². The number of carbonyl (C=O) groups is 1. The van der Waals surface area contributed by atoms with Gasteiger partial charge >= 0.3 is 0 Å². The van der Waals surface area contributed by atoms with E-state index in [1.54, 1.807) is 7.11 Å². The summed E-state index contributed by atoms with van der Waals surface area (Å²) in [6.45, 7) is 1.35. The third-order valence-electron chi connectivity index (χ3n) is 2.68. The van der Waals surface area contributed by atoms with Crippen LogP contribution in [0.15, 0.2) is 30.5 Å². The number of aromatic nitrogens is 1. The van der Waals surface area contributed by atoms with Gasteiger partial charge in [0.25, 0.3) is 0 Å². The van der Waals surface area contributed by atoms with E-state index in [-0.39, 0.29) is 5.91 Å². The molecule has 18 heavy (non-hydrogen) atoms. The van der Waals surface area contributed by atoms with Crippen LogP contribution < -0.4 is 5.32 Å². The minimum Gasteiger partial charge on any atom is -0.383 e. The maximum absolute atomic E-state index is 11.7. The molecule has 0 unspecified atom stereocenters. The Balaban J connectivity index is 2.05. The number of ether oxygens (including phenoxy) is 1. The fourth-order valence-electron chi connectivity index (χ4n) is 1.81. The smallest absolute Gasteiger partial charge is 0.240 e. The molecule has 1 aromatic carbocycles. The average Bonchev–Trinajstić information content (AvgIpc) is 2.72. The van der Waals surface area contributed by atoms with Crippen molar-refractivity contribution in [2.75, 3.05) is 20.3 Å². The number of fused-ring (bicyclic) bond motifs is 1. The van der Waals surface area contributed by atoms with Gasteiger partial charge in [-0.1, -0.05) is 11.6 Å². The summed E-state index contributed by atoms with van der Waals surface area (Å²) in [6, 6.07) is 7.57. The highest BCUT2D eigenvalue weighted by Crippen LogP contribution is 2.20. The number of benzene rings is 1. The fourth-order valence-corrected chi connectivity index (χ4v) is 1.99. The molecule has 0 radical (unpaired) electrons. The van der Waals surface area contributed by atoms with Gasteiger partial charge < -0.3 is 14.6 Å². The van der Waals surface area contributed by atoms with Gasteiger partial charge in [0.15, 0.2) is 0 Å². The molecular weight excluding hydrogens is 252 g/mol. The summed E-state index contributed by atoms with van der Waals surface area (Å²) in [7, 11) is 1.61. The maximum atomic E-state index is 11.7. The lowest BCUT2D eigenvalue weighted by molar-refractivity contribution is -0.121. The van der Waals surface area contributed by atoms with Crippen LogP contribution in [0.4, 0.5) is 0 Å². The van der Waals surface area contributed by atoms with Crippen LogP contribution in [0.3, 0.4) is 0 Å². The molecule has 2 aromatic rings. The van der Waals surface area contributed by atoms with Crippen LogP contribution in [0.2, 0.25) is 5.02 Å². The molecule has 1 N–H and O–H groups in total. The van der Waals surface area contributed by atoms with Crippen LogP contribution in [-0.2, 0) is 16.1 Å². The molecule has 5 heteroatoms. The van der Waals surface area contributed by atoms with E-state index in [1.807, 2.05) is 35.0 Å². The third-order valence-corrected chi connectivity index (χ3v) is 2.91. The predicted octanol–water partition coefficient (Wildman–Crippen LogP) is 2.06. The molecule has 1 aromatic heterocycles. The lowest BCUT2D eigenvalue weighted by Crippen LogP contribution is -2.30. The summed E-state index contributed by atoms with van der Waals surface area (Å²) in [5.41, 5.74) is 1.00. The number of halogens is 1. The van der Waals surface area contributed by atoms with Crippen molar-refractivity contribution in [1.29, 1.82) is 0 Å². The molecule has 0 bridgehead atoms. The van der Waals surface area contributed by atoms with Crippen molar-refractivity contribution in [2.45, 2.75) is 6.54 Å². The van der Waals surface area contributed by atoms with Crippen LogP contribution in [0.25, 0.3) is 10.9 Å². The topological polar surface area (TPSA) is 43.3 Å². The van der Waals surface area contributed by atoms with Crippen molar-refractivity contribution >= 4 is 28.4 Å². The van der Waals surface area contributed by atoms with Crippen LogP contribution in [0.1, 0.15) is 0 Å². The molecular formula is C13H15ClN2O2. The fraction of sp³-hybridized carbons (Fsp3) is 0.308. The van der Waals surface area contributed by atoms with Crippen LogP contribution in [0.5, 0.6) is 0 Å². The Morgan fingerprint density at radius 3 is 3.06 bits per heavy atom. The number of nitrogens with one attached hydrogen (secondary N) is 1. The van der Waals surface area contributed by atoms with E-state index in [0.29, 0.717) is 24.7 Å². The van der Waals surface area contributed by atoms with E-state index in [0.717, 1.165) is 10.9 Å². The van der Waals surface area contributed by atoms with Crippen LogP contribution in [-0.4, -0.2) is 30.7 Å². The number of hydrogen-bond donors (Lipinski definition) is 1. The summed E-state index contributed by atoms with van der Waals surface area (Å²) in [5, 5.41) is 4.52. The van der Waals surface area contributed by atoms with E-state index < -0.39 is 0 Å². The van der Waals surface area contributed by atoms with Gasteiger partial charge in [-0.05, 0) is 24.3 Å². The van der Waals surface area contributed by atoms with Crippen molar-refractivity contribution in [2.24, 2.45) is 0 Å². The molecule has 1 amide bonds. The quantitative estimate of drug-likeness (QED) is 0.842. The summed E-state index contributed by atoms with van der Waals surface area (Å²) in [6.07, 6.45) is 1.89. The minimum atomic E-state index is -0.0282. The molecule has 0 aliphatic rings. The second kappa shape index (κ2) is 5.89. The lowest BCUT2D eigenvalue weighted by Gasteiger charge is -2.07. The van der Waals surface area contributed by atoms with Gasteiger partial charge in [-0.25, -0.2) is 0 Å². The van der Waals surface area contributed by atoms with Crippen molar-refractivity contribution < 1.29 is 9.53 Å². The predicted molar refractivity (Wildman–Crippen MR) is 71.8 cm³/mol. The SMILES string of the molecule is COCCNC(=O)Cn1ccc2cc(Cl)ccc21. The summed E-state index contributed by atoms with van der Waals surface area (Å²) >= 11 is 5.92. The highest BCUT2D eigenvalue weighted by atomic mass is 35.5. The number of hydrogen-bond acceptors (Lipinski definition) is 2. The number of amides is 1. The third kappa shape index (κ3) is 3.03. The van der Waals surface area contributed by atoms with Crippen LogP contribution in [0, 0.1) is 0 Å². The first-order valence-corrected chi connectivity index (χ1v) is 6.08. The largest absolute Gasteiger partial charge is 0.383 e. The molecule has 96 valence electrons. The zero-order valence-electron chi connectivity index (χ0n) is 10.1. The molecule has 2 rings (SSSR count). The van der Waals surface area contributed by atoms with E-state index in [9.17, 15) is 4.79 Å². The van der Waals surface area contributed by atoms with Gasteiger partial charge in [0.2, 0.25) is 5.91 Å². The number of rotatable bonds is 5. The van der Waals surface area contributed by atoms with Crippen molar-refractivity contribution in [3.8, 4) is 0 Å². The van der Waals surface area contributed by atoms with Crippen LogP contribution >= 0.6 is 11.6 Å². The van der Waals surface area contributed by atoms with E-state index >= 15 is 0 Å². The van der Waals surface area contributed by atoms with Gasteiger partial charge in [0.05, 0.1) is 6.61 Å². The molecule has 4 nitrogen and oxygen atoms in total. The Morgan fingerprint density at radius 1 is 1.44 bits per heavy atom. The second-order valence-corrected chi connectivity index (χ2v) is 4.43. The molecule has 1 heterocycles. The first-order chi connectivity index (χ1) is 8.70. The Bertz CT molecular complexity index is 551. The normalized spacial score (nSPS) is 10.8. The average molecular weight is 267 g/mol. The molecule has 0 aliphatic heterocycles. The number of methoxy groups -OCH3 is 1. The summed E-state index contributed by atoms with van der Waals surface area (Å²) in [4.78, 5) is 11.7. The van der Waals surface area contributed by atoms with Gasteiger partial charge in [-0.3, -0.25) is 4.79 Å². The van der Waals surface area contributed by atoms with Crippen molar-refractivity contribution in [3.05, 3.63) is 35.5 Å². The lowest BCUT2D eigenvalue weighted by atomic mass is 10.2. The Hall–Kier alpha value is -1.52. The van der Waals surface area contributed by atoms with E-state index in [1.165, 1.54) is 0 Å². The van der Waals surface area contributed by atoms with Gasteiger partial charge in [0, 0.05) is 35.8 Å². The highest BCUT2D eigenvalue weighted by Gasteiger charge is 2.06. The Labute approximate surface area is 110 Å². The highest BCUT2D eigenvalue weighted by molar-refractivity contribution is 6.31. The monoisotopic (exact) mass is 266 g/mol. The van der Waals surface area contributed by atoms with Gasteiger partial charge in [-0.2, -0.15) is 0 Å². The standard InChI is InChI=1S/C13H15ClN2O2/c1-18-7-5-15-13(17)9-16-6-4-10-8-11(14)2-3-12(10)16/h2-4,6,8H,5,7,9H2,1H3,(H,15,17). The van der Waals surface area contributed by atoms with Crippen molar-refractivity contribution in [1.82, 2.24) is 9.88 Å². The summed E-state index contributed by atoms with van der Waals surface area (Å²) < 4.78 is 6.77. The van der Waals surface area contributed by atoms with E-state index in [4.69, 9.17) is 16.3 Å². The number of carbonyl (C=O) groups excluding carboxylic acids is 1. The van der Waals surface area contributed by atoms with Gasteiger partial charge in [0.1, 0.15) is 6.54 Å². The number of nitrogens with zero attached hydrogens (tertiary/aromatic N) is 1. The zero-order chi connectivity index (χ0) is 13.0. The maximum Gasteiger partial charge on any atom is 0.240 e. The molecule has 0 aliphatic carbocycles. The first-order valence-electron chi connectivity index (χ1n) is 5.71. The first kappa shape index (κ1) is 12.9. The zero-order valence-corrected chi connectivity index (χ0v) is 10.9. The molecule has 0 saturated heterocycles. The Kier molecular flexibility index (Phi) is 4.23. The molecule has 0 atom stereocenters. The molecule has 0 fully saturated rings. The summed E-state index contributed by atoms with van der Waals surface area (Å²) in [5.74, 6) is -0.0282. The molecule has 0 spiro atoms. The van der Waals surface area contributed by atoms with Crippen molar-refractivity contribution in [3.63, 3.8) is 0 Å². The molecule has 0 saturated carbocycles. The minimum absolute atomic E-state index is 0.0282. The van der Waals surface area contributed by atoms with E-state index in [2.05, 4.69) is 5.32 Å².